The van der Waals surface area contributed by atoms with Crippen molar-refractivity contribution in [1.29, 1.82) is 0 Å². The number of aryl methyl sites for hydroxylation is 4. The maximum absolute atomic E-state index is 5.95. The summed E-state index contributed by atoms with van der Waals surface area (Å²) in [5.74, 6) is 2.36. The quantitative estimate of drug-likeness (QED) is 0.771. The molecule has 1 aliphatic rings. The first kappa shape index (κ1) is 14.9. The molecule has 21 heavy (non-hydrogen) atoms. The lowest BCUT2D eigenvalue weighted by atomic mass is 10.1. The molecule has 2 aromatic rings. The van der Waals surface area contributed by atoms with Crippen LogP contribution in [0.2, 0.25) is 0 Å². The second-order valence-electron chi connectivity index (χ2n) is 5.71. The third kappa shape index (κ3) is 2.81. The SMILES string of the molecule is CCn1nc(C)c2nc(CCCl)n(CCC3CCOC3)c21. The smallest absolute Gasteiger partial charge is 0.158 e. The fourth-order valence-corrected chi connectivity index (χ4v) is 3.29. The summed E-state index contributed by atoms with van der Waals surface area (Å²) in [7, 11) is 0. The van der Waals surface area contributed by atoms with Gasteiger partial charge < -0.3 is 9.30 Å². The molecule has 1 aliphatic heterocycles. The summed E-state index contributed by atoms with van der Waals surface area (Å²) in [6.45, 7) is 7.79. The zero-order chi connectivity index (χ0) is 14.8. The number of aromatic nitrogens is 4. The van der Waals surface area contributed by atoms with Crippen molar-refractivity contribution >= 4 is 22.8 Å². The van der Waals surface area contributed by atoms with E-state index >= 15 is 0 Å². The van der Waals surface area contributed by atoms with E-state index in [4.69, 9.17) is 21.3 Å². The third-order valence-corrected chi connectivity index (χ3v) is 4.47. The van der Waals surface area contributed by atoms with Crippen molar-refractivity contribution in [1.82, 2.24) is 19.3 Å². The van der Waals surface area contributed by atoms with Gasteiger partial charge in [0.25, 0.3) is 0 Å². The van der Waals surface area contributed by atoms with Crippen LogP contribution in [0.3, 0.4) is 0 Å². The zero-order valence-corrected chi connectivity index (χ0v) is 13.6. The monoisotopic (exact) mass is 310 g/mol. The second kappa shape index (κ2) is 6.36. The molecular formula is C15H23ClN4O. The van der Waals surface area contributed by atoms with Crippen LogP contribution in [0.4, 0.5) is 0 Å². The average molecular weight is 311 g/mol. The molecule has 0 radical (unpaired) electrons. The molecule has 0 aromatic carbocycles. The number of hydrogen-bond acceptors (Lipinski definition) is 3. The van der Waals surface area contributed by atoms with Crippen molar-refractivity contribution in [2.75, 3.05) is 19.1 Å². The Bertz CT molecular complexity index is 613. The maximum Gasteiger partial charge on any atom is 0.158 e. The highest BCUT2D eigenvalue weighted by molar-refractivity contribution is 6.17. The van der Waals surface area contributed by atoms with Gasteiger partial charge in [-0.3, -0.25) is 0 Å². The minimum atomic E-state index is 0.602. The Balaban J connectivity index is 1.93. The van der Waals surface area contributed by atoms with Crippen LogP contribution < -0.4 is 0 Å². The van der Waals surface area contributed by atoms with E-state index in [-0.39, 0.29) is 0 Å². The van der Waals surface area contributed by atoms with Crippen molar-refractivity contribution in [3.63, 3.8) is 0 Å². The maximum atomic E-state index is 5.95. The van der Waals surface area contributed by atoms with E-state index in [9.17, 15) is 0 Å². The fraction of sp³-hybridized carbons (Fsp3) is 0.733. The molecule has 5 nitrogen and oxygen atoms in total. The molecule has 1 unspecified atom stereocenters. The van der Waals surface area contributed by atoms with Gasteiger partial charge in [-0.2, -0.15) is 5.10 Å². The topological polar surface area (TPSA) is 44.9 Å². The van der Waals surface area contributed by atoms with Crippen molar-refractivity contribution in [3.8, 4) is 0 Å². The highest BCUT2D eigenvalue weighted by atomic mass is 35.5. The Morgan fingerprint density at radius 2 is 2.29 bits per heavy atom. The van der Waals surface area contributed by atoms with Gasteiger partial charge in [0.1, 0.15) is 11.3 Å². The molecule has 116 valence electrons. The van der Waals surface area contributed by atoms with Gasteiger partial charge in [-0.1, -0.05) is 0 Å². The van der Waals surface area contributed by atoms with Gasteiger partial charge in [0.05, 0.1) is 5.69 Å². The normalized spacial score (nSPS) is 18.9. The van der Waals surface area contributed by atoms with Gasteiger partial charge in [-0.15, -0.1) is 11.6 Å². The molecule has 6 heteroatoms. The van der Waals surface area contributed by atoms with Gasteiger partial charge in [0.15, 0.2) is 5.65 Å². The van der Waals surface area contributed by atoms with Crippen molar-refractivity contribution in [3.05, 3.63) is 11.5 Å². The highest BCUT2D eigenvalue weighted by Gasteiger charge is 2.20. The number of rotatable bonds is 6. The number of nitrogens with zero attached hydrogens (tertiary/aromatic N) is 4. The molecule has 0 aliphatic carbocycles. The van der Waals surface area contributed by atoms with E-state index in [2.05, 4.69) is 21.3 Å². The summed E-state index contributed by atoms with van der Waals surface area (Å²) in [5, 5.41) is 4.59. The summed E-state index contributed by atoms with van der Waals surface area (Å²) in [6.07, 6.45) is 3.12. The fourth-order valence-electron chi connectivity index (χ4n) is 3.12. The van der Waals surface area contributed by atoms with Gasteiger partial charge in [-0.05, 0) is 32.6 Å². The van der Waals surface area contributed by atoms with Gasteiger partial charge in [0, 0.05) is 38.6 Å². The minimum absolute atomic E-state index is 0.602. The number of halogens is 1. The summed E-state index contributed by atoms with van der Waals surface area (Å²) < 4.78 is 9.85. The first-order valence-corrected chi connectivity index (χ1v) is 8.34. The lowest BCUT2D eigenvalue weighted by Crippen LogP contribution is -2.12. The molecule has 1 atom stereocenters. The summed E-state index contributed by atoms with van der Waals surface area (Å²) in [4.78, 5) is 4.78. The van der Waals surface area contributed by atoms with Crippen LogP contribution in [0.15, 0.2) is 0 Å². The zero-order valence-electron chi connectivity index (χ0n) is 12.8. The van der Waals surface area contributed by atoms with Crippen LogP contribution in [0.5, 0.6) is 0 Å². The van der Waals surface area contributed by atoms with Crippen LogP contribution in [0, 0.1) is 12.8 Å². The standard InChI is InChI=1S/C15H23ClN4O/c1-3-20-15-14(11(2)18-20)17-13(4-7-16)19(15)8-5-12-6-9-21-10-12/h12H,3-10H2,1-2H3. The van der Waals surface area contributed by atoms with E-state index in [0.29, 0.717) is 11.8 Å². The first-order valence-electron chi connectivity index (χ1n) is 7.80. The van der Waals surface area contributed by atoms with E-state index in [1.165, 1.54) is 6.42 Å². The first-order chi connectivity index (χ1) is 10.2. The Kier molecular flexibility index (Phi) is 4.50. The molecule has 1 fully saturated rings. The number of fused-ring (bicyclic) bond motifs is 1. The number of alkyl halides is 1. The third-order valence-electron chi connectivity index (χ3n) is 4.28. The second-order valence-corrected chi connectivity index (χ2v) is 6.09. The predicted octanol–water partition coefficient (Wildman–Crippen LogP) is 2.77. The van der Waals surface area contributed by atoms with Crippen LogP contribution in [0.25, 0.3) is 11.2 Å². The van der Waals surface area contributed by atoms with Crippen LogP contribution >= 0.6 is 11.6 Å². The molecule has 0 spiro atoms. The van der Waals surface area contributed by atoms with Crippen LogP contribution in [-0.2, 0) is 24.2 Å². The average Bonchev–Trinajstić information content (AvgIpc) is 3.16. The summed E-state index contributed by atoms with van der Waals surface area (Å²) in [5.41, 5.74) is 3.18. The van der Waals surface area contributed by atoms with Gasteiger partial charge >= 0.3 is 0 Å². The van der Waals surface area contributed by atoms with E-state index in [0.717, 1.165) is 61.8 Å². The van der Waals surface area contributed by atoms with Crippen molar-refractivity contribution < 1.29 is 4.74 Å². The van der Waals surface area contributed by atoms with Crippen molar-refractivity contribution in [2.24, 2.45) is 5.92 Å². The molecule has 0 amide bonds. The van der Waals surface area contributed by atoms with Gasteiger partial charge in [-0.25, -0.2) is 9.67 Å². The number of hydrogen-bond donors (Lipinski definition) is 0. The Labute approximate surface area is 130 Å². The van der Waals surface area contributed by atoms with Crippen LogP contribution in [-0.4, -0.2) is 38.4 Å². The largest absolute Gasteiger partial charge is 0.381 e. The Hall–Kier alpha value is -1.07. The molecule has 2 aromatic heterocycles. The van der Waals surface area contributed by atoms with E-state index in [1.54, 1.807) is 0 Å². The van der Waals surface area contributed by atoms with Crippen molar-refractivity contribution in [2.45, 2.75) is 46.2 Å². The predicted molar refractivity (Wildman–Crippen MR) is 83.9 cm³/mol. The Morgan fingerprint density at radius 1 is 1.43 bits per heavy atom. The summed E-state index contributed by atoms with van der Waals surface area (Å²) >= 11 is 5.95. The minimum Gasteiger partial charge on any atom is -0.381 e. The van der Waals surface area contributed by atoms with Crippen LogP contribution in [0.1, 0.15) is 31.3 Å². The van der Waals surface area contributed by atoms with E-state index < -0.39 is 0 Å². The molecular weight excluding hydrogens is 288 g/mol. The molecule has 0 saturated carbocycles. The number of imidazole rings is 1. The van der Waals surface area contributed by atoms with E-state index in [1.807, 2.05) is 6.92 Å². The Morgan fingerprint density at radius 3 is 2.95 bits per heavy atom. The summed E-state index contributed by atoms with van der Waals surface area (Å²) in [6, 6.07) is 0. The molecule has 1 saturated heterocycles. The van der Waals surface area contributed by atoms with Gasteiger partial charge in [0.2, 0.25) is 0 Å². The lowest BCUT2D eigenvalue weighted by Gasteiger charge is -2.12. The highest BCUT2D eigenvalue weighted by Crippen LogP contribution is 2.23. The number of ether oxygens (including phenoxy) is 1. The molecule has 0 bridgehead atoms. The molecule has 3 rings (SSSR count). The molecule has 0 N–H and O–H groups in total. The lowest BCUT2D eigenvalue weighted by molar-refractivity contribution is 0.183. The molecule has 3 heterocycles.